The Hall–Kier alpha value is 2.67. The SMILES string of the molecule is CC.CC.CC.CC(C)(C)C#Cc1[c-]cc[c-]c1.CC(C)(C)C#Cc1cc(O)ccc1O.OCC1CCOc2cscc2O1.OCC1CCOc2cscc2O1.OCC1COc2cscc2OC1.[Y].[Y].[Y].[Y].[Y].[Y].[Y]. The summed E-state index contributed by atoms with van der Waals surface area (Å²) in [7, 11) is 0. The van der Waals surface area contributed by atoms with Gasteiger partial charge in [-0.3, -0.25) is 36.3 Å². The van der Waals surface area contributed by atoms with Gasteiger partial charge in [0.15, 0.2) is 34.5 Å². The van der Waals surface area contributed by atoms with E-state index >= 15 is 0 Å². The van der Waals surface area contributed by atoms with Crippen LogP contribution in [0.15, 0.2) is 68.7 Å². The third-order valence-electron chi connectivity index (χ3n) is 8.15. The molecular weight excluding hydrogens is 1540 g/mol. The molecule has 75 heavy (non-hydrogen) atoms. The second-order valence-corrected chi connectivity index (χ2v) is 18.2. The van der Waals surface area contributed by atoms with Crippen LogP contribution in [-0.2, 0) is 229 Å². The van der Waals surface area contributed by atoms with E-state index in [-0.39, 0.29) is 289 Å². The van der Waals surface area contributed by atoms with Crippen LogP contribution >= 0.6 is 34.0 Å². The van der Waals surface area contributed by atoms with Crippen molar-refractivity contribution in [2.45, 2.75) is 108 Å². The van der Waals surface area contributed by atoms with Crippen molar-refractivity contribution in [1.82, 2.24) is 0 Å². The van der Waals surface area contributed by atoms with E-state index in [1.165, 1.54) is 18.2 Å². The molecule has 0 saturated carbocycles. The maximum atomic E-state index is 9.42. The Morgan fingerprint density at radius 3 is 1.32 bits per heavy atom. The maximum Gasteiger partial charge on any atom is 0.172 e. The molecule has 3 aliphatic heterocycles. The fourth-order valence-corrected chi connectivity index (χ4v) is 6.90. The van der Waals surface area contributed by atoms with E-state index in [1.807, 2.05) is 113 Å². The quantitative estimate of drug-likeness (QED) is 0.0666. The van der Waals surface area contributed by atoms with Gasteiger partial charge < -0.3 is 54.0 Å². The normalized spacial score (nSPS) is 13.6. The summed E-state index contributed by atoms with van der Waals surface area (Å²) >= 11 is 4.65. The molecule has 8 rings (SSSR count). The van der Waals surface area contributed by atoms with Crippen molar-refractivity contribution in [3.63, 3.8) is 0 Å². The maximum absolute atomic E-state index is 9.42. The Morgan fingerprint density at radius 1 is 0.547 bits per heavy atom. The molecule has 0 spiro atoms. The fraction of sp³-hybridized carbons (Fsp3) is 0.481. The molecule has 7 radical (unpaired) electrons. The van der Waals surface area contributed by atoms with Crippen molar-refractivity contribution >= 4 is 34.0 Å². The zero-order chi connectivity index (χ0) is 51.0. The summed E-state index contributed by atoms with van der Waals surface area (Å²) in [6.07, 6.45) is 1.27. The average molecular weight is 1620 g/mol. The number of hydrogen-bond donors (Lipinski definition) is 5. The summed E-state index contributed by atoms with van der Waals surface area (Å²) in [6, 6.07) is 15.8. The molecule has 11 nitrogen and oxygen atoms in total. The second kappa shape index (κ2) is 54.6. The molecular formula is C54H74O11S3Y7-2. The first-order valence-corrected chi connectivity index (χ1v) is 25.8. The smallest absolute Gasteiger partial charge is 0.172 e. The number of hydrogen-bond acceptors (Lipinski definition) is 14. The van der Waals surface area contributed by atoms with Crippen molar-refractivity contribution in [1.29, 1.82) is 0 Å². The predicted octanol–water partition coefficient (Wildman–Crippen LogP) is 11.9. The number of aliphatic hydroxyl groups excluding tert-OH is 3. The molecule has 5 aromatic rings. The van der Waals surface area contributed by atoms with Crippen LogP contribution in [0, 0.1) is 52.6 Å². The molecule has 2 atom stereocenters. The van der Waals surface area contributed by atoms with Gasteiger partial charge in [0, 0.05) is 285 Å². The Morgan fingerprint density at radius 2 is 0.947 bits per heavy atom. The van der Waals surface area contributed by atoms with Crippen molar-refractivity contribution in [2.24, 2.45) is 16.7 Å². The summed E-state index contributed by atoms with van der Waals surface area (Å²) < 4.78 is 32.6. The van der Waals surface area contributed by atoms with E-state index in [9.17, 15) is 10.2 Å². The van der Waals surface area contributed by atoms with Gasteiger partial charge in [-0.2, -0.15) is 5.92 Å². The number of benzene rings is 2. The van der Waals surface area contributed by atoms with Crippen molar-refractivity contribution in [2.75, 3.05) is 46.2 Å². The zero-order valence-corrected chi connectivity index (χ0v) is 68.3. The van der Waals surface area contributed by atoms with Gasteiger partial charge in [-0.25, -0.2) is 5.56 Å². The largest absolute Gasteiger partial charge is 0.508 e. The van der Waals surface area contributed by atoms with Crippen LogP contribution in [-0.4, -0.2) is 84.0 Å². The number of aliphatic hydroxyl groups is 3. The van der Waals surface area contributed by atoms with Crippen LogP contribution in [0.3, 0.4) is 0 Å². The second-order valence-electron chi connectivity index (χ2n) is 16.0. The number of fused-ring (bicyclic) bond motifs is 3. The van der Waals surface area contributed by atoms with Crippen LogP contribution in [0.25, 0.3) is 0 Å². The minimum Gasteiger partial charge on any atom is -0.508 e. The number of aromatic hydroxyl groups is 2. The first-order valence-electron chi connectivity index (χ1n) is 23.0. The standard InChI is InChI=1S/C12H14O2.C12H12.3C8H10O3S.3C2H6.7Y/c1-12(2,3)7-6-9-8-10(13)4-5-11(9)14;1-12(2,3)10-9-11-7-5-4-6-8-11;9-1-6-2-10-7-4-12-5-8(7)11-3-6;2*9-3-6-1-2-10-7-4-12-5-8(7)11-6;3*1-2;;;;;;;/h4-5,8,13-14H,1-3H3;4-5,8H,1-3H3;3*4-6,9H,1-3H2;3*1-2H3;;;;;;;/q;-2;;;;;;;;;;;;;. The molecule has 21 heteroatoms. The molecule has 0 bridgehead atoms. The topological polar surface area (TPSA) is 157 Å². The van der Waals surface area contributed by atoms with E-state index < -0.39 is 0 Å². The summed E-state index contributed by atoms with van der Waals surface area (Å²) in [5.74, 6) is 17.0. The first kappa shape index (κ1) is 91.4. The molecule has 0 saturated heterocycles. The molecule has 2 aromatic carbocycles. The summed E-state index contributed by atoms with van der Waals surface area (Å²) in [5.41, 5.74) is 1.31. The van der Waals surface area contributed by atoms with Crippen molar-refractivity contribution in [3.8, 4) is 69.7 Å². The molecule has 5 N–H and O–H groups in total. The Balaban J connectivity index is -0.000000147. The van der Waals surface area contributed by atoms with E-state index in [4.69, 9.17) is 43.7 Å². The van der Waals surface area contributed by atoms with Gasteiger partial charge in [0.05, 0.1) is 57.7 Å². The van der Waals surface area contributed by atoms with Crippen LogP contribution in [0.2, 0.25) is 0 Å². The number of phenolic OH excluding ortho intramolecular Hbond substituents is 2. The van der Waals surface area contributed by atoms with Gasteiger partial charge in [-0.1, -0.05) is 53.4 Å². The molecule has 3 aromatic heterocycles. The first-order chi connectivity index (χ1) is 32.7. The van der Waals surface area contributed by atoms with E-state index in [0.29, 0.717) is 32.0 Å². The van der Waals surface area contributed by atoms with E-state index in [2.05, 4.69) is 56.6 Å². The minimum atomic E-state index is -0.113. The molecule has 3 aliphatic rings. The zero-order valence-electron chi connectivity index (χ0n) is 46.0. The Kier molecular flexibility index (Phi) is 66.5. The van der Waals surface area contributed by atoms with Gasteiger partial charge in [0.1, 0.15) is 23.7 Å². The molecule has 0 amide bonds. The van der Waals surface area contributed by atoms with Gasteiger partial charge in [-0.15, -0.1) is 34.0 Å². The Bertz CT molecular complexity index is 2130. The number of phenols is 2. The van der Waals surface area contributed by atoms with Crippen molar-refractivity contribution in [3.05, 3.63) is 91.9 Å². The number of thiophene rings is 3. The fourth-order valence-electron chi connectivity index (χ4n) is 4.88. The van der Waals surface area contributed by atoms with Gasteiger partial charge >= 0.3 is 0 Å². The summed E-state index contributed by atoms with van der Waals surface area (Å²) in [5, 5.41) is 56.7. The summed E-state index contributed by atoms with van der Waals surface area (Å²) in [6.45, 7) is 26.8. The van der Waals surface area contributed by atoms with Gasteiger partial charge in [0.25, 0.3) is 0 Å². The molecule has 0 fully saturated rings. The molecule has 2 unspecified atom stereocenters. The van der Waals surface area contributed by atoms with Gasteiger partial charge in [-0.05, 0) is 59.7 Å². The van der Waals surface area contributed by atoms with Crippen molar-refractivity contribution < 1.29 is 283 Å². The van der Waals surface area contributed by atoms with Crippen LogP contribution in [0.5, 0.6) is 46.0 Å². The Labute approximate surface area is 638 Å². The molecule has 6 heterocycles. The van der Waals surface area contributed by atoms with E-state index in [1.54, 1.807) is 34.0 Å². The third-order valence-corrected chi connectivity index (χ3v) is 10.2. The predicted molar refractivity (Wildman–Crippen MR) is 278 cm³/mol. The summed E-state index contributed by atoms with van der Waals surface area (Å²) in [4.78, 5) is 0. The monoisotopic (exact) mass is 1620 g/mol. The van der Waals surface area contributed by atoms with Gasteiger partial charge in [0.2, 0.25) is 0 Å². The minimum absolute atomic E-state index is 0. The van der Waals surface area contributed by atoms with Crippen LogP contribution in [0.4, 0.5) is 0 Å². The number of rotatable bonds is 3. The average Bonchev–Trinajstić information content (AvgIpc) is 4.01. The number of ether oxygens (including phenoxy) is 6. The molecule has 0 aliphatic carbocycles. The van der Waals surface area contributed by atoms with Crippen LogP contribution < -0.4 is 28.4 Å². The third kappa shape index (κ3) is 41.4. The van der Waals surface area contributed by atoms with Crippen LogP contribution in [0.1, 0.15) is 107 Å². The van der Waals surface area contributed by atoms with E-state index in [0.717, 1.165) is 52.9 Å². The molecule has 397 valence electrons.